The van der Waals surface area contributed by atoms with E-state index in [2.05, 4.69) is 26.6 Å². The first-order chi connectivity index (χ1) is 7.58. The Morgan fingerprint density at radius 2 is 2.38 bits per heavy atom. The quantitative estimate of drug-likeness (QED) is 0.745. The normalized spacial score (nSPS) is 18.5. The molecule has 0 radical (unpaired) electrons. The van der Waals surface area contributed by atoms with E-state index < -0.39 is 6.09 Å². The van der Waals surface area contributed by atoms with Crippen LogP contribution in [0.15, 0.2) is 16.6 Å². The zero-order valence-corrected chi connectivity index (χ0v) is 9.84. The van der Waals surface area contributed by atoms with Gasteiger partial charge in [-0.25, -0.2) is 9.18 Å². The molecule has 1 unspecified atom stereocenters. The second kappa shape index (κ2) is 4.29. The number of fused-ring (bicyclic) bond motifs is 1. The summed E-state index contributed by atoms with van der Waals surface area (Å²) in [6.07, 6.45) is -0.493. The number of benzene rings is 1. The van der Waals surface area contributed by atoms with E-state index in [0.29, 0.717) is 23.0 Å². The Labute approximate surface area is 100.0 Å². The number of hydrogen-bond donors (Lipinski definition) is 3. The number of hydrogen-bond acceptors (Lipinski definition) is 2. The van der Waals surface area contributed by atoms with Gasteiger partial charge in [0.25, 0.3) is 0 Å². The van der Waals surface area contributed by atoms with E-state index in [4.69, 9.17) is 5.11 Å². The van der Waals surface area contributed by atoms with E-state index >= 15 is 0 Å². The Hall–Kier alpha value is -1.30. The summed E-state index contributed by atoms with van der Waals surface area (Å²) in [4.78, 5) is 10.6. The molecular weight excluding hydrogens is 279 g/mol. The third-order valence-corrected chi connectivity index (χ3v) is 3.12. The summed E-state index contributed by atoms with van der Waals surface area (Å²) < 4.78 is 13.8. The Morgan fingerprint density at radius 1 is 1.62 bits per heavy atom. The summed E-state index contributed by atoms with van der Waals surface area (Å²) in [6, 6.07) is 2.35. The number of rotatable bonds is 1. The highest BCUT2D eigenvalue weighted by atomic mass is 79.9. The van der Waals surface area contributed by atoms with Crippen LogP contribution < -0.4 is 10.6 Å². The Bertz CT molecular complexity index is 439. The SMILES string of the molecule is O=C(O)NC1CCNc2c(Br)cc(F)cc21. The van der Waals surface area contributed by atoms with Crippen LogP contribution >= 0.6 is 15.9 Å². The fraction of sp³-hybridized carbons (Fsp3) is 0.300. The van der Waals surface area contributed by atoms with Crippen molar-refractivity contribution in [1.29, 1.82) is 0 Å². The Balaban J connectivity index is 2.41. The van der Waals surface area contributed by atoms with E-state index in [1.165, 1.54) is 12.1 Å². The maximum atomic E-state index is 13.2. The maximum absolute atomic E-state index is 13.2. The average molecular weight is 289 g/mol. The van der Waals surface area contributed by atoms with Crippen LogP contribution in [0.25, 0.3) is 0 Å². The van der Waals surface area contributed by atoms with Crippen molar-refractivity contribution in [3.8, 4) is 0 Å². The molecule has 1 atom stereocenters. The summed E-state index contributed by atoms with van der Waals surface area (Å²) in [5.74, 6) is -0.383. The van der Waals surface area contributed by atoms with Gasteiger partial charge in [-0.3, -0.25) is 0 Å². The van der Waals surface area contributed by atoms with Crippen molar-refractivity contribution in [3.05, 3.63) is 28.0 Å². The minimum Gasteiger partial charge on any atom is -0.465 e. The molecule has 1 aromatic rings. The van der Waals surface area contributed by atoms with E-state index in [1.807, 2.05) is 0 Å². The van der Waals surface area contributed by atoms with Gasteiger partial charge in [-0.15, -0.1) is 0 Å². The van der Waals surface area contributed by atoms with Gasteiger partial charge in [-0.1, -0.05) is 0 Å². The van der Waals surface area contributed by atoms with Crippen molar-refractivity contribution in [3.63, 3.8) is 0 Å². The van der Waals surface area contributed by atoms with Gasteiger partial charge in [0.05, 0.1) is 11.7 Å². The van der Waals surface area contributed by atoms with Crippen LogP contribution in [0.2, 0.25) is 0 Å². The molecule has 16 heavy (non-hydrogen) atoms. The molecule has 1 aliphatic rings. The van der Waals surface area contributed by atoms with E-state index in [1.54, 1.807) is 0 Å². The number of nitrogens with one attached hydrogen (secondary N) is 2. The van der Waals surface area contributed by atoms with Crippen LogP contribution in [0, 0.1) is 5.82 Å². The lowest BCUT2D eigenvalue weighted by atomic mass is 9.98. The van der Waals surface area contributed by atoms with Gasteiger partial charge in [0, 0.05) is 16.6 Å². The van der Waals surface area contributed by atoms with Gasteiger partial charge in [-0.05, 0) is 34.5 Å². The molecule has 1 aromatic carbocycles. The molecule has 0 spiro atoms. The van der Waals surface area contributed by atoms with Crippen molar-refractivity contribution in [2.75, 3.05) is 11.9 Å². The molecule has 0 saturated carbocycles. The molecular formula is C10H10BrFN2O2. The second-order valence-electron chi connectivity index (χ2n) is 3.57. The minimum absolute atomic E-state index is 0.360. The van der Waals surface area contributed by atoms with Crippen molar-refractivity contribution in [2.45, 2.75) is 12.5 Å². The summed E-state index contributed by atoms with van der Waals surface area (Å²) >= 11 is 3.25. The fourth-order valence-corrected chi connectivity index (χ4v) is 2.44. The molecule has 2 rings (SSSR count). The van der Waals surface area contributed by atoms with Gasteiger partial charge in [0.15, 0.2) is 0 Å². The van der Waals surface area contributed by atoms with Crippen LogP contribution in [-0.4, -0.2) is 17.7 Å². The van der Waals surface area contributed by atoms with Gasteiger partial charge >= 0.3 is 6.09 Å². The predicted molar refractivity (Wildman–Crippen MR) is 61.1 cm³/mol. The topological polar surface area (TPSA) is 61.4 Å². The highest BCUT2D eigenvalue weighted by Gasteiger charge is 2.23. The molecule has 0 saturated heterocycles. The first kappa shape index (κ1) is 11.2. The van der Waals surface area contributed by atoms with Gasteiger partial charge < -0.3 is 15.7 Å². The van der Waals surface area contributed by atoms with Crippen LogP contribution in [-0.2, 0) is 0 Å². The lowest BCUT2D eigenvalue weighted by Crippen LogP contribution is -2.32. The molecule has 4 nitrogen and oxygen atoms in total. The number of carboxylic acid groups (broad SMARTS) is 1. The largest absolute Gasteiger partial charge is 0.465 e. The standard InChI is InChI=1S/C10H10BrFN2O2/c11-7-4-5(12)3-6-8(14-10(15)16)1-2-13-9(6)7/h3-4,8,13-14H,1-2H2,(H,15,16). The van der Waals surface area contributed by atoms with Crippen LogP contribution in [0.1, 0.15) is 18.0 Å². The molecule has 0 aliphatic carbocycles. The van der Waals surface area contributed by atoms with Gasteiger partial charge in [0.1, 0.15) is 5.82 Å². The highest BCUT2D eigenvalue weighted by Crippen LogP contribution is 2.36. The molecule has 6 heteroatoms. The maximum Gasteiger partial charge on any atom is 0.405 e. The number of amides is 1. The summed E-state index contributed by atoms with van der Waals surface area (Å²) in [5, 5.41) is 14.2. The van der Waals surface area contributed by atoms with E-state index in [-0.39, 0.29) is 11.9 Å². The molecule has 0 aromatic heterocycles. The Morgan fingerprint density at radius 3 is 3.06 bits per heavy atom. The first-order valence-electron chi connectivity index (χ1n) is 4.80. The fourth-order valence-electron chi connectivity index (χ4n) is 1.85. The summed E-state index contributed by atoms with van der Waals surface area (Å²) in [7, 11) is 0. The number of anilines is 1. The number of carbonyl (C=O) groups is 1. The third kappa shape index (κ3) is 2.11. The third-order valence-electron chi connectivity index (χ3n) is 2.49. The Kier molecular flexibility index (Phi) is 3.00. The van der Waals surface area contributed by atoms with Crippen LogP contribution in [0.4, 0.5) is 14.9 Å². The molecule has 86 valence electrons. The molecule has 0 fully saturated rings. The number of halogens is 2. The lowest BCUT2D eigenvalue weighted by molar-refractivity contribution is 0.189. The zero-order chi connectivity index (χ0) is 11.7. The highest BCUT2D eigenvalue weighted by molar-refractivity contribution is 9.10. The van der Waals surface area contributed by atoms with Crippen molar-refractivity contribution in [1.82, 2.24) is 5.32 Å². The molecule has 3 N–H and O–H groups in total. The van der Waals surface area contributed by atoms with Gasteiger partial charge in [-0.2, -0.15) is 0 Å². The molecule has 0 bridgehead atoms. The molecule has 1 amide bonds. The first-order valence-corrected chi connectivity index (χ1v) is 5.59. The van der Waals surface area contributed by atoms with Crippen molar-refractivity contribution in [2.24, 2.45) is 0 Å². The van der Waals surface area contributed by atoms with E-state index in [9.17, 15) is 9.18 Å². The van der Waals surface area contributed by atoms with Crippen molar-refractivity contribution >= 4 is 27.7 Å². The van der Waals surface area contributed by atoms with E-state index in [0.717, 1.165) is 5.69 Å². The molecule has 1 aliphatic heterocycles. The minimum atomic E-state index is -1.10. The lowest BCUT2D eigenvalue weighted by Gasteiger charge is -2.27. The van der Waals surface area contributed by atoms with Crippen LogP contribution in [0.5, 0.6) is 0 Å². The molecule has 1 heterocycles. The second-order valence-corrected chi connectivity index (χ2v) is 4.42. The monoisotopic (exact) mass is 288 g/mol. The predicted octanol–water partition coefficient (Wildman–Crippen LogP) is 2.71. The van der Waals surface area contributed by atoms with Crippen LogP contribution in [0.3, 0.4) is 0 Å². The summed E-state index contributed by atoms with van der Waals surface area (Å²) in [6.45, 7) is 0.655. The summed E-state index contributed by atoms with van der Waals surface area (Å²) in [5.41, 5.74) is 1.40. The van der Waals surface area contributed by atoms with Crippen molar-refractivity contribution < 1.29 is 14.3 Å². The smallest absolute Gasteiger partial charge is 0.405 e. The zero-order valence-electron chi connectivity index (χ0n) is 8.26. The van der Waals surface area contributed by atoms with Gasteiger partial charge in [0.2, 0.25) is 0 Å². The average Bonchev–Trinajstić information content (AvgIpc) is 2.18.